The summed E-state index contributed by atoms with van der Waals surface area (Å²) in [6.45, 7) is 4.26. The zero-order chi connectivity index (χ0) is 42.1. The molecule has 0 fully saturated rings. The lowest BCUT2D eigenvalue weighted by atomic mass is 10.1. The van der Waals surface area contributed by atoms with E-state index in [0.29, 0.717) is 12.8 Å². The van der Waals surface area contributed by atoms with Crippen LogP contribution in [0.1, 0.15) is 117 Å². The molecule has 0 aliphatic rings. The number of unbranched alkanes of at least 4 members (excludes halogenated alkanes) is 4. The van der Waals surface area contributed by atoms with Crippen molar-refractivity contribution >= 4 is 17.9 Å². The van der Waals surface area contributed by atoms with Crippen molar-refractivity contribution in [3.05, 3.63) is 122 Å². The van der Waals surface area contributed by atoms with Gasteiger partial charge in [-0.1, -0.05) is 142 Å². The number of aliphatic carboxylic acids is 1. The van der Waals surface area contributed by atoms with E-state index in [1.54, 1.807) is 21.1 Å². The Kier molecular flexibility index (Phi) is 35.7. The average molecular weight is 790 g/mol. The van der Waals surface area contributed by atoms with Gasteiger partial charge in [-0.2, -0.15) is 0 Å². The molecule has 0 bridgehead atoms. The minimum Gasteiger partial charge on any atom is -0.544 e. The Morgan fingerprint density at radius 3 is 1.58 bits per heavy atom. The number of ether oxygens (including phenoxy) is 3. The lowest BCUT2D eigenvalue weighted by Gasteiger charge is -2.34. The first-order chi connectivity index (χ1) is 27.6. The van der Waals surface area contributed by atoms with Crippen molar-refractivity contribution in [1.29, 1.82) is 0 Å². The van der Waals surface area contributed by atoms with Crippen molar-refractivity contribution in [2.45, 2.75) is 129 Å². The average Bonchev–Trinajstić information content (AvgIpc) is 3.17. The maximum Gasteiger partial charge on any atom is 0.306 e. The fourth-order valence-corrected chi connectivity index (χ4v) is 5.21. The summed E-state index contributed by atoms with van der Waals surface area (Å²) in [5.41, 5.74) is 0. The molecule has 0 spiro atoms. The maximum atomic E-state index is 12.7. The number of esters is 2. The van der Waals surface area contributed by atoms with E-state index >= 15 is 0 Å². The molecule has 0 aromatic heterocycles. The summed E-state index contributed by atoms with van der Waals surface area (Å²) in [4.78, 5) is 36.8. The Morgan fingerprint density at radius 2 is 1.04 bits per heavy atom. The van der Waals surface area contributed by atoms with Crippen LogP contribution in [0.4, 0.5) is 0 Å². The minimum atomic E-state index is -1.15. The van der Waals surface area contributed by atoms with Gasteiger partial charge in [0.1, 0.15) is 12.6 Å². The van der Waals surface area contributed by atoms with Gasteiger partial charge >= 0.3 is 11.9 Å². The van der Waals surface area contributed by atoms with E-state index < -0.39 is 18.1 Å². The Balaban J connectivity index is 4.54. The van der Waals surface area contributed by atoms with Gasteiger partial charge in [0, 0.05) is 19.3 Å². The van der Waals surface area contributed by atoms with Crippen molar-refractivity contribution in [1.82, 2.24) is 0 Å². The highest BCUT2D eigenvalue weighted by molar-refractivity contribution is 5.70. The van der Waals surface area contributed by atoms with E-state index in [-0.39, 0.29) is 55.5 Å². The third kappa shape index (κ3) is 37.1. The fraction of sp³-hybridized carbons (Fsp3) is 0.531. The van der Waals surface area contributed by atoms with Gasteiger partial charge in [0.2, 0.25) is 0 Å². The van der Waals surface area contributed by atoms with Crippen LogP contribution >= 0.6 is 0 Å². The van der Waals surface area contributed by atoms with E-state index in [0.717, 1.165) is 70.6 Å². The highest BCUT2D eigenvalue weighted by atomic mass is 16.6. The van der Waals surface area contributed by atoms with E-state index in [1.165, 1.54) is 0 Å². The van der Waals surface area contributed by atoms with E-state index in [2.05, 4.69) is 98.9 Å². The molecule has 2 unspecified atom stereocenters. The summed E-state index contributed by atoms with van der Waals surface area (Å²) in [6.07, 6.45) is 53.8. The molecular formula is C49H75NO7. The number of hydrogen-bond donors (Lipinski definition) is 0. The van der Waals surface area contributed by atoms with Crippen molar-refractivity contribution in [2.24, 2.45) is 0 Å². The SMILES string of the molecule is CC/C=C/C=C/C=C/C=C/CCCCCC(=O)OC(COCCC(C(=O)[O-])[N+](C)(C)C)COC(=O)CCC/C=C/C/C=C/C/C=C/C/C=C/C/C=C/C/C=C/CC. The van der Waals surface area contributed by atoms with Crippen molar-refractivity contribution < 1.29 is 38.2 Å². The van der Waals surface area contributed by atoms with Crippen molar-refractivity contribution in [3.63, 3.8) is 0 Å². The monoisotopic (exact) mass is 790 g/mol. The van der Waals surface area contributed by atoms with Gasteiger partial charge in [-0.25, -0.2) is 0 Å². The fourth-order valence-electron chi connectivity index (χ4n) is 5.21. The second-order valence-corrected chi connectivity index (χ2v) is 14.6. The Hall–Kier alpha value is -4.27. The number of carboxylic acids is 1. The van der Waals surface area contributed by atoms with Crippen molar-refractivity contribution in [2.75, 3.05) is 41.0 Å². The predicted octanol–water partition coefficient (Wildman–Crippen LogP) is 10.1. The molecule has 318 valence electrons. The number of rotatable bonds is 35. The molecule has 0 aliphatic heterocycles. The van der Waals surface area contributed by atoms with Crippen LogP contribution in [0.2, 0.25) is 0 Å². The molecule has 0 rings (SSSR count). The summed E-state index contributed by atoms with van der Waals surface area (Å²) < 4.78 is 17.0. The molecule has 0 saturated heterocycles. The first kappa shape index (κ1) is 52.7. The molecule has 2 atom stereocenters. The molecule has 0 heterocycles. The minimum absolute atomic E-state index is 0.00311. The van der Waals surface area contributed by atoms with Gasteiger partial charge in [0.25, 0.3) is 0 Å². The maximum absolute atomic E-state index is 12.7. The molecule has 0 radical (unpaired) electrons. The van der Waals surface area contributed by atoms with Crippen LogP contribution in [0.3, 0.4) is 0 Å². The molecule has 0 aromatic rings. The Labute approximate surface area is 346 Å². The lowest BCUT2D eigenvalue weighted by Crippen LogP contribution is -2.55. The number of carbonyl (C=O) groups excluding carboxylic acids is 3. The number of carbonyl (C=O) groups is 3. The van der Waals surface area contributed by atoms with Crippen molar-refractivity contribution in [3.8, 4) is 0 Å². The second kappa shape index (κ2) is 38.6. The highest BCUT2D eigenvalue weighted by Crippen LogP contribution is 2.10. The van der Waals surface area contributed by atoms with E-state index in [4.69, 9.17) is 14.2 Å². The number of hydrogen-bond acceptors (Lipinski definition) is 7. The third-order valence-electron chi connectivity index (χ3n) is 8.44. The summed E-state index contributed by atoms with van der Waals surface area (Å²) in [7, 11) is 5.35. The zero-order valence-electron chi connectivity index (χ0n) is 35.9. The third-order valence-corrected chi connectivity index (χ3v) is 8.44. The highest BCUT2D eigenvalue weighted by Gasteiger charge is 2.25. The van der Waals surface area contributed by atoms with Gasteiger partial charge in [-0.05, 0) is 77.0 Å². The van der Waals surface area contributed by atoms with Gasteiger partial charge in [-0.3, -0.25) is 9.59 Å². The Morgan fingerprint density at radius 1 is 0.544 bits per heavy atom. The molecular weight excluding hydrogens is 715 g/mol. The Bertz CT molecular complexity index is 1340. The molecule has 0 aliphatic carbocycles. The molecule has 8 nitrogen and oxygen atoms in total. The van der Waals surface area contributed by atoms with Gasteiger partial charge in [0.15, 0.2) is 6.10 Å². The molecule has 57 heavy (non-hydrogen) atoms. The van der Waals surface area contributed by atoms with Crippen LogP contribution in [0.25, 0.3) is 0 Å². The van der Waals surface area contributed by atoms with E-state index in [9.17, 15) is 19.5 Å². The predicted molar refractivity (Wildman–Crippen MR) is 235 cm³/mol. The summed E-state index contributed by atoms with van der Waals surface area (Å²) in [6, 6.07) is -0.749. The summed E-state index contributed by atoms with van der Waals surface area (Å²) >= 11 is 0. The van der Waals surface area contributed by atoms with E-state index in [1.807, 2.05) is 36.5 Å². The van der Waals surface area contributed by atoms with Crippen LogP contribution < -0.4 is 5.11 Å². The lowest BCUT2D eigenvalue weighted by molar-refractivity contribution is -0.889. The van der Waals surface area contributed by atoms with Crippen LogP contribution in [-0.2, 0) is 28.6 Å². The molecule has 8 heteroatoms. The second-order valence-electron chi connectivity index (χ2n) is 14.6. The largest absolute Gasteiger partial charge is 0.544 e. The number of likely N-dealkylation sites (N-methyl/N-ethyl adjacent to an activating group) is 1. The van der Waals surface area contributed by atoms with Crippen LogP contribution in [0.15, 0.2) is 122 Å². The number of quaternary nitrogens is 1. The van der Waals surface area contributed by atoms with Crippen LogP contribution in [0.5, 0.6) is 0 Å². The number of allylic oxidation sites excluding steroid dienone is 20. The van der Waals surface area contributed by atoms with Gasteiger partial charge in [0.05, 0.1) is 40.3 Å². The van der Waals surface area contributed by atoms with Crippen LogP contribution in [-0.4, -0.2) is 75.5 Å². The van der Waals surface area contributed by atoms with Crippen LogP contribution in [0, 0.1) is 0 Å². The van der Waals surface area contributed by atoms with Gasteiger partial charge in [-0.15, -0.1) is 0 Å². The summed E-state index contributed by atoms with van der Waals surface area (Å²) in [5, 5.41) is 11.6. The molecule has 0 saturated carbocycles. The van der Waals surface area contributed by atoms with Gasteiger partial charge < -0.3 is 28.6 Å². The topological polar surface area (TPSA) is 102 Å². The number of carboxylic acid groups (broad SMARTS) is 1. The standard InChI is InChI=1S/C49H75NO7/c1-6-8-10-12-14-16-18-20-21-22-23-24-25-26-28-29-31-33-35-37-39-47(51)56-44-45(43-55-42-41-46(49(53)54)50(3,4)5)57-48(52)40-38-36-34-32-30-27-19-17-15-13-11-9-7-2/h8-11,13-17,19-21,23-24,26-28,30-31,33,45-46H,6-7,12,18,22,25,29,32,34-44H2,1-5H3/b10-8+,11-9+,15-13+,16-14+,19-17+,21-20+,24-23+,28-26+,30-27+,33-31+. The molecule has 0 N–H and O–H groups in total. The quantitative estimate of drug-likeness (QED) is 0.0207. The zero-order valence-corrected chi connectivity index (χ0v) is 35.9. The normalized spacial score (nSPS) is 14.2. The molecule has 0 aromatic carbocycles. The smallest absolute Gasteiger partial charge is 0.306 e. The first-order valence-electron chi connectivity index (χ1n) is 21.1. The first-order valence-corrected chi connectivity index (χ1v) is 21.1. The summed E-state index contributed by atoms with van der Waals surface area (Å²) in [5.74, 6) is -1.89. The molecule has 0 amide bonds. The number of nitrogens with zero attached hydrogens (tertiary/aromatic N) is 1.